The van der Waals surface area contributed by atoms with E-state index >= 15 is 0 Å². The maximum absolute atomic E-state index is 12.8. The molecule has 2 aromatic rings. The Morgan fingerprint density at radius 3 is 2.63 bits per heavy atom. The summed E-state index contributed by atoms with van der Waals surface area (Å²) < 4.78 is 31.6. The van der Waals surface area contributed by atoms with E-state index in [4.69, 9.17) is 0 Å². The molecule has 1 fully saturated rings. The third-order valence-electron chi connectivity index (χ3n) is 4.37. The zero-order chi connectivity index (χ0) is 19.4. The number of thiophene rings is 1. The van der Waals surface area contributed by atoms with Crippen LogP contribution in [0.2, 0.25) is 0 Å². The maximum atomic E-state index is 12.8. The minimum Gasteiger partial charge on any atom is -0.465 e. The molecule has 9 heteroatoms. The van der Waals surface area contributed by atoms with Crippen molar-refractivity contribution in [2.45, 2.75) is 17.7 Å². The Balaban J connectivity index is 1.68. The van der Waals surface area contributed by atoms with Gasteiger partial charge in [-0.3, -0.25) is 4.79 Å². The molecule has 0 radical (unpaired) electrons. The lowest BCUT2D eigenvalue weighted by Gasteiger charge is -2.31. The van der Waals surface area contributed by atoms with Gasteiger partial charge < -0.3 is 10.1 Å². The second kappa shape index (κ2) is 8.20. The van der Waals surface area contributed by atoms with E-state index in [9.17, 15) is 18.0 Å². The van der Waals surface area contributed by atoms with Crippen LogP contribution in [0.4, 0.5) is 5.00 Å². The highest BCUT2D eigenvalue weighted by Crippen LogP contribution is 2.27. The predicted molar refractivity (Wildman–Crippen MR) is 102 cm³/mol. The van der Waals surface area contributed by atoms with E-state index in [0.29, 0.717) is 29.3 Å². The second-order valence-corrected chi connectivity index (χ2v) is 9.18. The molecular weight excluding hydrogens is 388 g/mol. The number of ether oxygens (including phenoxy) is 1. The SMILES string of the molecule is COC(=O)c1ccc(NC(=O)[C@H]2CCCN(S(=O)(=O)c3ccccc3)C2)s1. The van der Waals surface area contributed by atoms with Crippen LogP contribution in [0, 0.1) is 5.92 Å². The number of amides is 1. The number of nitrogens with one attached hydrogen (secondary N) is 1. The molecule has 1 aromatic heterocycles. The fourth-order valence-electron chi connectivity index (χ4n) is 2.96. The van der Waals surface area contributed by atoms with Crippen molar-refractivity contribution in [1.29, 1.82) is 0 Å². The highest BCUT2D eigenvalue weighted by molar-refractivity contribution is 7.89. The molecule has 1 aliphatic heterocycles. The summed E-state index contributed by atoms with van der Waals surface area (Å²) in [5.74, 6) is -1.15. The summed E-state index contributed by atoms with van der Waals surface area (Å²) in [4.78, 5) is 24.7. The van der Waals surface area contributed by atoms with Gasteiger partial charge in [0, 0.05) is 13.1 Å². The van der Waals surface area contributed by atoms with Gasteiger partial charge in [-0.1, -0.05) is 18.2 Å². The summed E-state index contributed by atoms with van der Waals surface area (Å²) >= 11 is 1.12. The van der Waals surface area contributed by atoms with Crippen LogP contribution in [0.15, 0.2) is 47.4 Å². The zero-order valence-corrected chi connectivity index (χ0v) is 16.4. The number of carbonyl (C=O) groups excluding carboxylic acids is 2. The molecule has 1 aromatic carbocycles. The second-order valence-electron chi connectivity index (χ2n) is 6.16. The fraction of sp³-hybridized carbons (Fsp3) is 0.333. The van der Waals surface area contributed by atoms with E-state index in [1.807, 2.05) is 0 Å². The summed E-state index contributed by atoms with van der Waals surface area (Å²) in [7, 11) is -2.32. The number of piperidine rings is 1. The van der Waals surface area contributed by atoms with Gasteiger partial charge in [-0.15, -0.1) is 11.3 Å². The molecule has 1 aliphatic rings. The van der Waals surface area contributed by atoms with Crippen LogP contribution in [0.3, 0.4) is 0 Å². The number of anilines is 1. The van der Waals surface area contributed by atoms with Crippen LogP contribution in [0.5, 0.6) is 0 Å². The Kier molecular flexibility index (Phi) is 5.93. The summed E-state index contributed by atoms with van der Waals surface area (Å²) in [6.45, 7) is 0.533. The lowest BCUT2D eigenvalue weighted by atomic mass is 9.99. The number of methoxy groups -OCH3 is 1. The quantitative estimate of drug-likeness (QED) is 0.768. The molecule has 3 rings (SSSR count). The number of nitrogens with zero attached hydrogens (tertiary/aromatic N) is 1. The van der Waals surface area contributed by atoms with E-state index in [2.05, 4.69) is 10.1 Å². The van der Waals surface area contributed by atoms with Gasteiger partial charge in [-0.25, -0.2) is 13.2 Å². The maximum Gasteiger partial charge on any atom is 0.348 e. The van der Waals surface area contributed by atoms with Gasteiger partial charge in [0.05, 0.1) is 22.9 Å². The van der Waals surface area contributed by atoms with Gasteiger partial charge in [0.15, 0.2) is 0 Å². The third kappa shape index (κ3) is 4.37. The predicted octanol–water partition coefficient (Wildman–Crippen LogP) is 2.57. The molecule has 1 atom stereocenters. The molecule has 2 heterocycles. The van der Waals surface area contributed by atoms with Gasteiger partial charge >= 0.3 is 5.97 Å². The number of carbonyl (C=O) groups is 2. The van der Waals surface area contributed by atoms with Crippen molar-refractivity contribution < 1.29 is 22.7 Å². The zero-order valence-electron chi connectivity index (χ0n) is 14.8. The highest BCUT2D eigenvalue weighted by atomic mass is 32.2. The number of sulfonamides is 1. The standard InChI is InChI=1S/C18H20N2O5S2/c1-25-18(22)15-9-10-16(26-15)19-17(21)13-6-5-11-20(12-13)27(23,24)14-7-3-2-4-8-14/h2-4,7-10,13H,5-6,11-12H2,1H3,(H,19,21)/t13-/m0/s1. The Labute approximate surface area is 162 Å². The van der Waals surface area contributed by atoms with Crippen molar-refractivity contribution in [3.63, 3.8) is 0 Å². The normalized spacial score (nSPS) is 18.0. The van der Waals surface area contributed by atoms with E-state index in [-0.39, 0.29) is 17.3 Å². The molecule has 0 aliphatic carbocycles. The first-order valence-corrected chi connectivity index (χ1v) is 10.7. The Morgan fingerprint density at radius 2 is 1.93 bits per heavy atom. The minimum absolute atomic E-state index is 0.137. The molecule has 1 N–H and O–H groups in total. The Morgan fingerprint density at radius 1 is 1.19 bits per heavy atom. The van der Waals surface area contributed by atoms with Crippen LogP contribution < -0.4 is 5.32 Å². The average molecular weight is 409 g/mol. The van der Waals surface area contributed by atoms with Crippen molar-refractivity contribution in [3.05, 3.63) is 47.3 Å². The van der Waals surface area contributed by atoms with Crippen molar-refractivity contribution >= 4 is 38.2 Å². The average Bonchev–Trinajstić information content (AvgIpc) is 3.16. The van der Waals surface area contributed by atoms with Gasteiger partial charge in [0.25, 0.3) is 0 Å². The first-order chi connectivity index (χ1) is 12.9. The number of hydrogen-bond acceptors (Lipinski definition) is 6. The summed E-state index contributed by atoms with van der Waals surface area (Å²) in [6.07, 6.45) is 1.23. The van der Waals surface area contributed by atoms with Gasteiger partial charge in [-0.05, 0) is 37.1 Å². The monoisotopic (exact) mass is 408 g/mol. The van der Waals surface area contributed by atoms with Crippen molar-refractivity contribution in [1.82, 2.24) is 4.31 Å². The van der Waals surface area contributed by atoms with Gasteiger partial charge in [-0.2, -0.15) is 4.31 Å². The van der Waals surface area contributed by atoms with Crippen LogP contribution >= 0.6 is 11.3 Å². The summed E-state index contributed by atoms with van der Waals surface area (Å²) in [6, 6.07) is 11.4. The third-order valence-corrected chi connectivity index (χ3v) is 7.23. The van der Waals surface area contributed by atoms with Crippen LogP contribution in [-0.4, -0.2) is 44.8 Å². The topological polar surface area (TPSA) is 92.8 Å². The molecule has 1 amide bonds. The van der Waals surface area contributed by atoms with Crippen molar-refractivity contribution in [2.24, 2.45) is 5.92 Å². The van der Waals surface area contributed by atoms with Crippen molar-refractivity contribution in [2.75, 3.05) is 25.5 Å². The Hall–Kier alpha value is -2.23. The molecule has 1 saturated heterocycles. The van der Waals surface area contributed by atoms with Crippen LogP contribution in [0.25, 0.3) is 0 Å². The molecule has 0 bridgehead atoms. The molecule has 0 saturated carbocycles. The van der Waals surface area contributed by atoms with Crippen LogP contribution in [-0.2, 0) is 19.6 Å². The van der Waals surface area contributed by atoms with E-state index in [1.165, 1.54) is 11.4 Å². The number of esters is 1. The molecule has 144 valence electrons. The first-order valence-electron chi connectivity index (χ1n) is 8.46. The number of benzene rings is 1. The molecule has 0 unspecified atom stereocenters. The molecular formula is C18H20N2O5S2. The summed E-state index contributed by atoms with van der Waals surface area (Å²) in [5.41, 5.74) is 0. The lowest BCUT2D eigenvalue weighted by molar-refractivity contribution is -0.120. The fourth-order valence-corrected chi connectivity index (χ4v) is 5.33. The smallest absolute Gasteiger partial charge is 0.348 e. The summed E-state index contributed by atoms with van der Waals surface area (Å²) in [5, 5.41) is 3.30. The number of rotatable bonds is 5. The van der Waals surface area contributed by atoms with Gasteiger partial charge in [0.2, 0.25) is 15.9 Å². The molecule has 7 nitrogen and oxygen atoms in total. The molecule has 0 spiro atoms. The number of hydrogen-bond donors (Lipinski definition) is 1. The largest absolute Gasteiger partial charge is 0.465 e. The molecule has 27 heavy (non-hydrogen) atoms. The van der Waals surface area contributed by atoms with E-state index in [1.54, 1.807) is 42.5 Å². The van der Waals surface area contributed by atoms with E-state index in [0.717, 1.165) is 11.3 Å². The first kappa shape index (κ1) is 19.5. The van der Waals surface area contributed by atoms with E-state index < -0.39 is 21.9 Å². The minimum atomic E-state index is -3.62. The highest BCUT2D eigenvalue weighted by Gasteiger charge is 2.33. The van der Waals surface area contributed by atoms with Gasteiger partial charge in [0.1, 0.15) is 4.88 Å². The Bertz CT molecular complexity index is 924. The lowest BCUT2D eigenvalue weighted by Crippen LogP contribution is -2.43. The van der Waals surface area contributed by atoms with Crippen molar-refractivity contribution in [3.8, 4) is 0 Å². The van der Waals surface area contributed by atoms with Crippen LogP contribution in [0.1, 0.15) is 22.5 Å².